The Morgan fingerprint density at radius 1 is 1.60 bits per heavy atom. The lowest BCUT2D eigenvalue weighted by Gasteiger charge is -2.12. The van der Waals surface area contributed by atoms with Crippen molar-refractivity contribution in [2.45, 2.75) is 37.9 Å². The van der Waals surface area contributed by atoms with Crippen LogP contribution in [-0.2, 0) is 7.05 Å². The topological polar surface area (TPSA) is 29.9 Å². The minimum Gasteiger partial charge on any atom is -0.329 e. The summed E-state index contributed by atoms with van der Waals surface area (Å²) >= 11 is 1.83. The van der Waals surface area contributed by atoms with Crippen LogP contribution in [0.3, 0.4) is 0 Å². The first-order valence-corrected chi connectivity index (χ1v) is 6.56. The standard InChI is InChI=1S/C11H21N3S/c1-4-6-12-10(2)5-9-15-11-13-7-8-14(11)3/h7-8,10,12H,4-6,9H2,1-3H3. The lowest BCUT2D eigenvalue weighted by molar-refractivity contribution is 0.535. The molecule has 0 fully saturated rings. The number of aryl methyl sites for hydroxylation is 1. The molecule has 3 nitrogen and oxygen atoms in total. The molecule has 0 aliphatic carbocycles. The minimum absolute atomic E-state index is 0.609. The summed E-state index contributed by atoms with van der Waals surface area (Å²) in [5, 5.41) is 4.60. The van der Waals surface area contributed by atoms with Crippen LogP contribution in [-0.4, -0.2) is 27.9 Å². The largest absolute Gasteiger partial charge is 0.329 e. The molecule has 0 saturated carbocycles. The van der Waals surface area contributed by atoms with Crippen molar-refractivity contribution in [1.29, 1.82) is 0 Å². The van der Waals surface area contributed by atoms with Crippen molar-refractivity contribution in [2.75, 3.05) is 12.3 Å². The van der Waals surface area contributed by atoms with Gasteiger partial charge in [-0.25, -0.2) is 4.98 Å². The first-order chi connectivity index (χ1) is 7.24. The monoisotopic (exact) mass is 227 g/mol. The molecule has 0 radical (unpaired) electrons. The number of rotatable bonds is 7. The summed E-state index contributed by atoms with van der Waals surface area (Å²) in [5.74, 6) is 1.13. The maximum atomic E-state index is 4.28. The zero-order valence-electron chi connectivity index (χ0n) is 9.86. The van der Waals surface area contributed by atoms with Gasteiger partial charge < -0.3 is 9.88 Å². The van der Waals surface area contributed by atoms with E-state index in [4.69, 9.17) is 0 Å². The molecule has 0 spiro atoms. The predicted octanol–water partition coefficient (Wildman–Crippen LogP) is 2.29. The summed E-state index contributed by atoms with van der Waals surface area (Å²) in [6, 6.07) is 0.609. The van der Waals surface area contributed by atoms with E-state index in [-0.39, 0.29) is 0 Å². The van der Waals surface area contributed by atoms with Crippen LogP contribution in [0.2, 0.25) is 0 Å². The second kappa shape index (κ2) is 6.90. The van der Waals surface area contributed by atoms with Gasteiger partial charge in [-0.2, -0.15) is 0 Å². The average molecular weight is 227 g/mol. The molecule has 0 aliphatic rings. The predicted molar refractivity (Wildman–Crippen MR) is 66.3 cm³/mol. The molecule has 1 unspecified atom stereocenters. The van der Waals surface area contributed by atoms with E-state index >= 15 is 0 Å². The lowest BCUT2D eigenvalue weighted by atomic mass is 10.2. The fourth-order valence-electron chi connectivity index (χ4n) is 1.31. The van der Waals surface area contributed by atoms with Crippen molar-refractivity contribution < 1.29 is 0 Å². The molecular formula is C11H21N3S. The Kier molecular flexibility index (Phi) is 5.79. The van der Waals surface area contributed by atoms with E-state index in [9.17, 15) is 0 Å². The van der Waals surface area contributed by atoms with Crippen LogP contribution in [0.4, 0.5) is 0 Å². The van der Waals surface area contributed by atoms with Gasteiger partial charge in [0.25, 0.3) is 0 Å². The number of nitrogens with zero attached hydrogens (tertiary/aromatic N) is 2. The fourth-order valence-corrected chi connectivity index (χ4v) is 2.36. The molecule has 1 N–H and O–H groups in total. The lowest BCUT2D eigenvalue weighted by Crippen LogP contribution is -2.27. The molecule has 0 aromatic carbocycles. The molecule has 1 aromatic rings. The molecule has 1 rings (SSSR count). The number of nitrogens with one attached hydrogen (secondary N) is 1. The fraction of sp³-hybridized carbons (Fsp3) is 0.727. The third-order valence-electron chi connectivity index (χ3n) is 2.30. The highest BCUT2D eigenvalue weighted by Gasteiger charge is 2.03. The number of hydrogen-bond donors (Lipinski definition) is 1. The maximum Gasteiger partial charge on any atom is 0.167 e. The first kappa shape index (κ1) is 12.6. The summed E-state index contributed by atoms with van der Waals surface area (Å²) in [6.07, 6.45) is 6.23. The smallest absolute Gasteiger partial charge is 0.167 e. The van der Waals surface area contributed by atoms with Crippen molar-refractivity contribution in [3.05, 3.63) is 12.4 Å². The van der Waals surface area contributed by atoms with Crippen LogP contribution >= 0.6 is 11.8 Å². The molecule has 0 aliphatic heterocycles. The molecule has 1 atom stereocenters. The van der Waals surface area contributed by atoms with Gasteiger partial charge in [-0.15, -0.1) is 0 Å². The molecule has 4 heteroatoms. The molecule has 86 valence electrons. The van der Waals surface area contributed by atoms with Crippen LogP contribution in [0.5, 0.6) is 0 Å². The number of aromatic nitrogens is 2. The summed E-state index contributed by atoms with van der Waals surface area (Å²) < 4.78 is 2.06. The Hall–Kier alpha value is -0.480. The highest BCUT2D eigenvalue weighted by atomic mass is 32.2. The van der Waals surface area contributed by atoms with Crippen LogP contribution < -0.4 is 5.32 Å². The Bertz CT molecular complexity index is 273. The van der Waals surface area contributed by atoms with Crippen molar-refractivity contribution >= 4 is 11.8 Å². The van der Waals surface area contributed by atoms with Gasteiger partial charge in [0.05, 0.1) is 0 Å². The quantitative estimate of drug-likeness (QED) is 0.725. The van der Waals surface area contributed by atoms with Gasteiger partial charge in [-0.1, -0.05) is 18.7 Å². The average Bonchev–Trinajstić information content (AvgIpc) is 2.61. The van der Waals surface area contributed by atoms with Gasteiger partial charge in [-0.05, 0) is 26.3 Å². The second-order valence-electron chi connectivity index (χ2n) is 3.81. The van der Waals surface area contributed by atoms with Crippen LogP contribution in [0.25, 0.3) is 0 Å². The molecule has 0 saturated heterocycles. The van der Waals surface area contributed by atoms with E-state index in [0.29, 0.717) is 6.04 Å². The van der Waals surface area contributed by atoms with E-state index in [2.05, 4.69) is 28.7 Å². The van der Waals surface area contributed by atoms with Crippen LogP contribution in [0.15, 0.2) is 17.6 Å². The Morgan fingerprint density at radius 2 is 2.40 bits per heavy atom. The van der Waals surface area contributed by atoms with Crippen LogP contribution in [0.1, 0.15) is 26.7 Å². The zero-order chi connectivity index (χ0) is 11.1. The SMILES string of the molecule is CCCNC(C)CCSc1nccn1C. The number of imidazole rings is 1. The van der Waals surface area contributed by atoms with Crippen molar-refractivity contribution in [2.24, 2.45) is 7.05 Å². The molecule has 1 aromatic heterocycles. The van der Waals surface area contributed by atoms with E-state index in [1.165, 1.54) is 12.8 Å². The third kappa shape index (κ3) is 4.71. The highest BCUT2D eigenvalue weighted by Crippen LogP contribution is 2.15. The van der Waals surface area contributed by atoms with E-state index in [1.807, 2.05) is 31.2 Å². The summed E-state index contributed by atoms with van der Waals surface area (Å²) in [4.78, 5) is 4.28. The summed E-state index contributed by atoms with van der Waals surface area (Å²) in [5.41, 5.74) is 0. The molecule has 0 amide bonds. The van der Waals surface area contributed by atoms with E-state index in [1.54, 1.807) is 0 Å². The number of thioether (sulfide) groups is 1. The van der Waals surface area contributed by atoms with Gasteiger partial charge in [0.15, 0.2) is 5.16 Å². The molecule has 1 heterocycles. The third-order valence-corrected chi connectivity index (χ3v) is 3.39. The van der Waals surface area contributed by atoms with Gasteiger partial charge >= 0.3 is 0 Å². The molecule has 15 heavy (non-hydrogen) atoms. The zero-order valence-corrected chi connectivity index (χ0v) is 10.7. The van der Waals surface area contributed by atoms with Crippen molar-refractivity contribution in [3.63, 3.8) is 0 Å². The highest BCUT2D eigenvalue weighted by molar-refractivity contribution is 7.99. The summed E-state index contributed by atoms with van der Waals surface area (Å²) in [7, 11) is 2.04. The Labute approximate surface area is 96.7 Å². The number of hydrogen-bond acceptors (Lipinski definition) is 3. The maximum absolute atomic E-state index is 4.28. The van der Waals surface area contributed by atoms with Gasteiger partial charge in [0.1, 0.15) is 0 Å². The Balaban J connectivity index is 2.13. The second-order valence-corrected chi connectivity index (χ2v) is 4.88. The van der Waals surface area contributed by atoms with E-state index < -0.39 is 0 Å². The van der Waals surface area contributed by atoms with Gasteiger partial charge in [-0.3, -0.25) is 0 Å². The summed E-state index contributed by atoms with van der Waals surface area (Å²) in [6.45, 7) is 5.56. The van der Waals surface area contributed by atoms with E-state index in [0.717, 1.165) is 17.5 Å². The Morgan fingerprint density at radius 3 is 3.00 bits per heavy atom. The van der Waals surface area contributed by atoms with Crippen molar-refractivity contribution in [1.82, 2.24) is 14.9 Å². The molecule has 0 bridgehead atoms. The van der Waals surface area contributed by atoms with Crippen molar-refractivity contribution in [3.8, 4) is 0 Å². The first-order valence-electron chi connectivity index (χ1n) is 5.57. The normalized spacial score (nSPS) is 13.0. The van der Waals surface area contributed by atoms with Gasteiger partial charge in [0, 0.05) is 31.2 Å². The van der Waals surface area contributed by atoms with Crippen LogP contribution in [0, 0.1) is 0 Å². The minimum atomic E-state index is 0.609. The van der Waals surface area contributed by atoms with Gasteiger partial charge in [0.2, 0.25) is 0 Å². The molecular weight excluding hydrogens is 206 g/mol.